The monoisotopic (exact) mass is 388 g/mol. The number of benzene rings is 2. The second-order valence-electron chi connectivity index (χ2n) is 6.59. The van der Waals surface area contributed by atoms with E-state index in [1.165, 1.54) is 0 Å². The fourth-order valence-corrected chi connectivity index (χ4v) is 4.59. The fourth-order valence-electron chi connectivity index (χ4n) is 3.27. The number of piperidine rings is 1. The quantitative estimate of drug-likeness (QED) is 0.825. The molecule has 2 aromatic rings. The van der Waals surface area contributed by atoms with Crippen LogP contribution in [0.3, 0.4) is 0 Å². The van der Waals surface area contributed by atoms with Crippen LogP contribution in [0, 0.1) is 0 Å². The van der Waals surface area contributed by atoms with E-state index in [-0.39, 0.29) is 16.8 Å². The normalized spacial score (nSPS) is 15.7. The van der Waals surface area contributed by atoms with Gasteiger partial charge < -0.3 is 9.64 Å². The van der Waals surface area contributed by atoms with E-state index in [1.807, 2.05) is 18.2 Å². The summed E-state index contributed by atoms with van der Waals surface area (Å²) in [6, 6.07) is 15.6. The van der Waals surface area contributed by atoms with Crippen LogP contribution in [0.4, 0.5) is 0 Å². The Labute approximate surface area is 160 Å². The molecule has 0 bridgehead atoms. The predicted molar refractivity (Wildman–Crippen MR) is 103 cm³/mol. The van der Waals surface area contributed by atoms with Gasteiger partial charge in [0.15, 0.2) is 0 Å². The molecule has 0 aliphatic carbocycles. The number of hydrogen-bond donors (Lipinski definition) is 1. The van der Waals surface area contributed by atoms with Gasteiger partial charge in [0.2, 0.25) is 10.0 Å². The number of ether oxygens (including phenoxy) is 1. The highest BCUT2D eigenvalue weighted by Crippen LogP contribution is 2.19. The van der Waals surface area contributed by atoms with E-state index in [0.29, 0.717) is 38.1 Å². The molecule has 6 nitrogen and oxygen atoms in total. The van der Waals surface area contributed by atoms with Crippen molar-refractivity contribution in [3.05, 3.63) is 65.7 Å². The van der Waals surface area contributed by atoms with E-state index >= 15 is 0 Å². The molecular formula is C20H24N2O4S. The first-order valence-corrected chi connectivity index (χ1v) is 10.4. The molecule has 1 fully saturated rings. The molecule has 1 heterocycles. The summed E-state index contributed by atoms with van der Waals surface area (Å²) >= 11 is 0. The average Bonchev–Trinajstić information content (AvgIpc) is 2.69. The molecule has 1 aliphatic heterocycles. The molecule has 0 aromatic heterocycles. The van der Waals surface area contributed by atoms with Crippen molar-refractivity contribution < 1.29 is 17.9 Å². The lowest BCUT2D eigenvalue weighted by Crippen LogP contribution is -2.46. The zero-order valence-corrected chi connectivity index (χ0v) is 16.1. The molecular weight excluding hydrogens is 364 g/mol. The molecule has 2 aromatic carbocycles. The number of carbonyl (C=O) groups is 1. The first kappa shape index (κ1) is 19.5. The van der Waals surface area contributed by atoms with Gasteiger partial charge in [-0.05, 0) is 36.6 Å². The van der Waals surface area contributed by atoms with Crippen molar-refractivity contribution in [1.29, 1.82) is 0 Å². The molecule has 0 saturated carbocycles. The molecule has 1 N–H and O–H groups in total. The number of rotatable bonds is 6. The molecule has 1 saturated heterocycles. The first-order valence-electron chi connectivity index (χ1n) is 8.95. The number of methoxy groups -OCH3 is 1. The Morgan fingerprint density at radius 1 is 1.07 bits per heavy atom. The summed E-state index contributed by atoms with van der Waals surface area (Å²) in [4.78, 5) is 14.9. The van der Waals surface area contributed by atoms with Crippen LogP contribution in [-0.4, -0.2) is 45.5 Å². The number of sulfonamides is 1. The standard InChI is InChI=1S/C20H24N2O4S/c1-26-15-16-7-5-6-10-19(16)20(23)22-13-11-17(12-14-22)21-27(24,25)18-8-3-2-4-9-18/h2-10,17,21H,11-15H2,1H3. The van der Waals surface area contributed by atoms with Gasteiger partial charge in [-0.3, -0.25) is 4.79 Å². The maximum absolute atomic E-state index is 12.8. The lowest BCUT2D eigenvalue weighted by atomic mass is 10.0. The number of carbonyl (C=O) groups excluding carboxylic acids is 1. The van der Waals surface area contributed by atoms with Gasteiger partial charge >= 0.3 is 0 Å². The Morgan fingerprint density at radius 2 is 1.70 bits per heavy atom. The number of hydrogen-bond acceptors (Lipinski definition) is 4. The van der Waals surface area contributed by atoms with Gasteiger partial charge in [-0.25, -0.2) is 13.1 Å². The third kappa shape index (κ3) is 4.74. The van der Waals surface area contributed by atoms with Crippen molar-refractivity contribution in [3.63, 3.8) is 0 Å². The molecule has 0 unspecified atom stereocenters. The molecule has 0 atom stereocenters. The lowest BCUT2D eigenvalue weighted by molar-refractivity contribution is 0.0706. The van der Waals surface area contributed by atoms with E-state index in [0.717, 1.165) is 5.56 Å². The van der Waals surface area contributed by atoms with Gasteiger partial charge in [0.25, 0.3) is 5.91 Å². The summed E-state index contributed by atoms with van der Waals surface area (Å²) in [5.41, 5.74) is 1.50. The van der Waals surface area contributed by atoms with E-state index in [4.69, 9.17) is 4.74 Å². The zero-order chi connectivity index (χ0) is 19.3. The van der Waals surface area contributed by atoms with Gasteiger partial charge in [0.05, 0.1) is 11.5 Å². The van der Waals surface area contributed by atoms with Crippen LogP contribution >= 0.6 is 0 Å². The summed E-state index contributed by atoms with van der Waals surface area (Å²) < 4.78 is 32.8. The molecule has 7 heteroatoms. The van der Waals surface area contributed by atoms with E-state index in [9.17, 15) is 13.2 Å². The minimum atomic E-state index is -3.53. The summed E-state index contributed by atoms with van der Waals surface area (Å²) in [5.74, 6) is -0.0352. The summed E-state index contributed by atoms with van der Waals surface area (Å²) in [7, 11) is -1.93. The SMILES string of the molecule is COCc1ccccc1C(=O)N1CCC(NS(=O)(=O)c2ccccc2)CC1. The van der Waals surface area contributed by atoms with Crippen LogP contribution in [0.2, 0.25) is 0 Å². The smallest absolute Gasteiger partial charge is 0.254 e. The van der Waals surface area contributed by atoms with Crippen molar-refractivity contribution >= 4 is 15.9 Å². The molecule has 1 aliphatic rings. The average molecular weight is 388 g/mol. The maximum atomic E-state index is 12.8. The van der Waals surface area contributed by atoms with Crippen molar-refractivity contribution in [3.8, 4) is 0 Å². The largest absolute Gasteiger partial charge is 0.380 e. The Kier molecular flexibility index (Phi) is 6.26. The summed E-state index contributed by atoms with van der Waals surface area (Å²) in [5, 5.41) is 0. The van der Waals surface area contributed by atoms with Crippen molar-refractivity contribution in [2.75, 3.05) is 20.2 Å². The van der Waals surface area contributed by atoms with E-state index in [2.05, 4.69) is 4.72 Å². The van der Waals surface area contributed by atoms with Crippen LogP contribution in [0.25, 0.3) is 0 Å². The number of nitrogens with one attached hydrogen (secondary N) is 1. The lowest BCUT2D eigenvalue weighted by Gasteiger charge is -2.32. The highest BCUT2D eigenvalue weighted by atomic mass is 32.2. The number of likely N-dealkylation sites (tertiary alicyclic amines) is 1. The van der Waals surface area contributed by atoms with Gasteiger partial charge in [-0.15, -0.1) is 0 Å². The topological polar surface area (TPSA) is 75.7 Å². The maximum Gasteiger partial charge on any atom is 0.254 e. The third-order valence-electron chi connectivity index (χ3n) is 4.71. The Bertz CT molecular complexity index is 876. The van der Waals surface area contributed by atoms with Gasteiger partial charge in [-0.2, -0.15) is 0 Å². The van der Waals surface area contributed by atoms with Crippen LogP contribution in [-0.2, 0) is 21.4 Å². The van der Waals surface area contributed by atoms with Crippen LogP contribution in [0.5, 0.6) is 0 Å². The highest BCUT2D eigenvalue weighted by Gasteiger charge is 2.27. The van der Waals surface area contributed by atoms with Gasteiger partial charge in [-0.1, -0.05) is 36.4 Å². The molecule has 0 radical (unpaired) electrons. The molecule has 1 amide bonds. The number of nitrogens with zero attached hydrogens (tertiary/aromatic N) is 1. The second-order valence-corrected chi connectivity index (χ2v) is 8.30. The Hall–Kier alpha value is -2.22. The highest BCUT2D eigenvalue weighted by molar-refractivity contribution is 7.89. The van der Waals surface area contributed by atoms with E-state index in [1.54, 1.807) is 48.4 Å². The summed E-state index contributed by atoms with van der Waals surface area (Å²) in [6.45, 7) is 1.42. The van der Waals surface area contributed by atoms with Crippen LogP contribution in [0.1, 0.15) is 28.8 Å². The zero-order valence-electron chi connectivity index (χ0n) is 15.3. The summed E-state index contributed by atoms with van der Waals surface area (Å²) in [6.07, 6.45) is 1.18. The van der Waals surface area contributed by atoms with Crippen molar-refractivity contribution in [2.45, 2.75) is 30.4 Å². The fraction of sp³-hybridized carbons (Fsp3) is 0.350. The number of amides is 1. The van der Waals surface area contributed by atoms with Crippen LogP contribution in [0.15, 0.2) is 59.5 Å². The van der Waals surface area contributed by atoms with Crippen molar-refractivity contribution in [1.82, 2.24) is 9.62 Å². The Balaban J connectivity index is 1.62. The van der Waals surface area contributed by atoms with Gasteiger partial charge in [0, 0.05) is 31.8 Å². The predicted octanol–water partition coefficient (Wildman–Crippen LogP) is 2.42. The minimum absolute atomic E-state index is 0.0352. The molecule has 0 spiro atoms. The Morgan fingerprint density at radius 3 is 2.37 bits per heavy atom. The molecule has 144 valence electrons. The third-order valence-corrected chi connectivity index (χ3v) is 6.24. The van der Waals surface area contributed by atoms with E-state index < -0.39 is 10.0 Å². The molecule has 3 rings (SSSR count). The second kappa shape index (κ2) is 8.65. The van der Waals surface area contributed by atoms with Crippen molar-refractivity contribution in [2.24, 2.45) is 0 Å². The van der Waals surface area contributed by atoms with Crippen LogP contribution < -0.4 is 4.72 Å². The first-order chi connectivity index (χ1) is 13.0. The van der Waals surface area contributed by atoms with Gasteiger partial charge in [0.1, 0.15) is 0 Å². The molecule has 27 heavy (non-hydrogen) atoms. The minimum Gasteiger partial charge on any atom is -0.380 e.